The minimum Gasteiger partial charge on any atom is -0.496 e. The van der Waals surface area contributed by atoms with Gasteiger partial charge in [-0.05, 0) is 56.0 Å². The Hall–Kier alpha value is -3.47. The van der Waals surface area contributed by atoms with Gasteiger partial charge < -0.3 is 9.64 Å². The van der Waals surface area contributed by atoms with Crippen molar-refractivity contribution in [1.82, 2.24) is 9.13 Å². The summed E-state index contributed by atoms with van der Waals surface area (Å²) in [5.41, 5.74) is 7.05. The molecule has 1 fully saturated rings. The van der Waals surface area contributed by atoms with Gasteiger partial charge in [0, 0.05) is 30.4 Å². The first-order valence-electron chi connectivity index (χ1n) is 11.7. The van der Waals surface area contributed by atoms with E-state index in [-0.39, 0.29) is 11.7 Å². The highest BCUT2D eigenvalue weighted by Gasteiger charge is 2.26. The predicted octanol–water partition coefficient (Wildman–Crippen LogP) is 5.32. The van der Waals surface area contributed by atoms with Crippen LogP contribution < -0.4 is 15.3 Å². The fourth-order valence-electron chi connectivity index (χ4n) is 5.39. The van der Waals surface area contributed by atoms with E-state index >= 15 is 0 Å². The van der Waals surface area contributed by atoms with Crippen LogP contribution in [-0.2, 0) is 6.54 Å². The smallest absolute Gasteiger partial charge is 0.329 e. The van der Waals surface area contributed by atoms with Crippen LogP contribution in [0.25, 0.3) is 11.0 Å². The Balaban J connectivity index is 1.47. The Kier molecular flexibility index (Phi) is 5.71. The number of aromatic nitrogens is 2. The number of para-hydroxylation sites is 4. The van der Waals surface area contributed by atoms with Crippen LogP contribution in [-0.4, -0.2) is 29.3 Å². The van der Waals surface area contributed by atoms with Gasteiger partial charge in [-0.2, -0.15) is 0 Å². The number of anilines is 1. The molecule has 0 amide bonds. The summed E-state index contributed by atoms with van der Waals surface area (Å²) in [5.74, 6) is 0.808. The molecule has 1 saturated heterocycles. The predicted molar refractivity (Wildman–Crippen MR) is 135 cm³/mol. The number of nitrogens with zero attached hydrogens (tertiary/aromatic N) is 3. The summed E-state index contributed by atoms with van der Waals surface area (Å²) in [6.45, 7) is 6.77. The van der Waals surface area contributed by atoms with Gasteiger partial charge in [0.05, 0.1) is 24.7 Å². The van der Waals surface area contributed by atoms with Crippen molar-refractivity contribution in [1.29, 1.82) is 0 Å². The average Bonchev–Trinajstić information content (AvgIpc) is 3.11. The Bertz CT molecular complexity index is 1320. The molecule has 3 aromatic carbocycles. The lowest BCUT2D eigenvalue weighted by Crippen LogP contribution is -2.38. The van der Waals surface area contributed by atoms with Gasteiger partial charge in [-0.1, -0.05) is 48.5 Å². The van der Waals surface area contributed by atoms with E-state index in [1.807, 2.05) is 45.5 Å². The molecule has 0 bridgehead atoms. The first-order chi connectivity index (χ1) is 16.1. The second-order valence-corrected chi connectivity index (χ2v) is 9.00. The number of hydrogen-bond acceptors (Lipinski definition) is 3. The van der Waals surface area contributed by atoms with Gasteiger partial charge in [-0.25, -0.2) is 4.79 Å². The molecule has 5 rings (SSSR count). The van der Waals surface area contributed by atoms with E-state index < -0.39 is 0 Å². The number of aryl methyl sites for hydroxylation is 2. The van der Waals surface area contributed by atoms with Crippen LogP contribution in [0.4, 0.5) is 5.69 Å². The van der Waals surface area contributed by atoms with Crippen molar-refractivity contribution in [2.24, 2.45) is 0 Å². The fourth-order valence-corrected chi connectivity index (χ4v) is 5.39. The molecule has 0 saturated carbocycles. The molecule has 4 aromatic rings. The molecule has 5 nitrogen and oxygen atoms in total. The lowest BCUT2D eigenvalue weighted by molar-refractivity contribution is 0.390. The zero-order valence-electron chi connectivity index (χ0n) is 19.6. The molecule has 0 spiro atoms. The highest BCUT2D eigenvalue weighted by atomic mass is 16.5. The Labute approximate surface area is 194 Å². The summed E-state index contributed by atoms with van der Waals surface area (Å²) in [4.78, 5) is 16.2. The summed E-state index contributed by atoms with van der Waals surface area (Å²) >= 11 is 0. The number of piperidine rings is 1. The van der Waals surface area contributed by atoms with Crippen molar-refractivity contribution in [3.63, 3.8) is 0 Å². The van der Waals surface area contributed by atoms with Crippen molar-refractivity contribution >= 4 is 16.7 Å². The normalized spacial score (nSPS) is 14.7. The highest BCUT2D eigenvalue weighted by Crippen LogP contribution is 2.32. The first-order valence-corrected chi connectivity index (χ1v) is 11.7. The zero-order chi connectivity index (χ0) is 22.9. The summed E-state index contributed by atoms with van der Waals surface area (Å²) in [7, 11) is 1.68. The van der Waals surface area contributed by atoms with Gasteiger partial charge in [0.2, 0.25) is 0 Å². The first kappa shape index (κ1) is 21.4. The third-order valence-electron chi connectivity index (χ3n) is 6.98. The monoisotopic (exact) mass is 441 g/mol. The maximum atomic E-state index is 13.7. The zero-order valence-corrected chi connectivity index (χ0v) is 19.6. The third-order valence-corrected chi connectivity index (χ3v) is 6.98. The molecule has 1 aliphatic rings. The summed E-state index contributed by atoms with van der Waals surface area (Å²) in [6.07, 6.45) is 1.91. The Morgan fingerprint density at radius 2 is 1.48 bits per heavy atom. The molecule has 0 radical (unpaired) electrons. The summed E-state index contributed by atoms with van der Waals surface area (Å²) in [6, 6.07) is 22.8. The van der Waals surface area contributed by atoms with Gasteiger partial charge >= 0.3 is 5.69 Å². The van der Waals surface area contributed by atoms with Crippen LogP contribution in [0.2, 0.25) is 0 Å². The molecular weight excluding hydrogens is 410 g/mol. The van der Waals surface area contributed by atoms with Crippen LogP contribution in [0, 0.1) is 13.8 Å². The Morgan fingerprint density at radius 1 is 0.848 bits per heavy atom. The van der Waals surface area contributed by atoms with Gasteiger partial charge in [-0.3, -0.25) is 9.13 Å². The number of rotatable bonds is 5. The largest absolute Gasteiger partial charge is 0.496 e. The van der Waals surface area contributed by atoms with Crippen LogP contribution >= 0.6 is 0 Å². The standard InChI is InChI=1S/C28H31N3O2/c1-20-9-8-10-21(2)27(20)29-17-15-23(16-18-29)31-25-13-6-5-12-24(25)30(28(31)32)19-22-11-4-7-14-26(22)33-3/h4-14,23H,15-19H2,1-3H3. The Morgan fingerprint density at radius 3 is 2.18 bits per heavy atom. The van der Waals surface area contributed by atoms with Crippen molar-refractivity contribution in [3.05, 3.63) is 93.9 Å². The molecular formula is C28H31N3O2. The van der Waals surface area contributed by atoms with Crippen molar-refractivity contribution in [3.8, 4) is 5.75 Å². The van der Waals surface area contributed by atoms with E-state index in [1.54, 1.807) is 7.11 Å². The molecule has 2 heterocycles. The van der Waals surface area contributed by atoms with E-state index in [0.29, 0.717) is 6.54 Å². The van der Waals surface area contributed by atoms with Gasteiger partial charge in [0.1, 0.15) is 5.75 Å². The third kappa shape index (κ3) is 3.82. The average molecular weight is 442 g/mol. The molecule has 0 atom stereocenters. The molecule has 33 heavy (non-hydrogen) atoms. The maximum Gasteiger partial charge on any atom is 0.329 e. The second kappa shape index (κ2) is 8.81. The van der Waals surface area contributed by atoms with Crippen molar-refractivity contribution in [2.45, 2.75) is 39.3 Å². The molecule has 5 heteroatoms. The van der Waals surface area contributed by atoms with Crippen LogP contribution in [0.5, 0.6) is 5.75 Å². The highest BCUT2D eigenvalue weighted by molar-refractivity contribution is 5.76. The fraction of sp³-hybridized carbons (Fsp3) is 0.321. The van der Waals surface area contributed by atoms with Gasteiger partial charge in [0.15, 0.2) is 0 Å². The molecule has 170 valence electrons. The van der Waals surface area contributed by atoms with Crippen LogP contribution in [0.15, 0.2) is 71.5 Å². The quantitative estimate of drug-likeness (QED) is 0.421. The molecule has 1 aliphatic heterocycles. The molecule has 0 aliphatic carbocycles. The summed E-state index contributed by atoms with van der Waals surface area (Å²) < 4.78 is 9.47. The maximum absolute atomic E-state index is 13.7. The number of fused-ring (bicyclic) bond motifs is 1. The van der Waals surface area contributed by atoms with E-state index in [0.717, 1.165) is 48.3 Å². The van der Waals surface area contributed by atoms with Crippen LogP contribution in [0.3, 0.4) is 0 Å². The van der Waals surface area contributed by atoms with E-state index in [9.17, 15) is 4.79 Å². The SMILES string of the molecule is COc1ccccc1Cn1c(=O)n(C2CCN(c3c(C)cccc3C)CC2)c2ccccc21. The molecule has 0 N–H and O–H groups in total. The van der Waals surface area contributed by atoms with Crippen molar-refractivity contribution < 1.29 is 4.74 Å². The van der Waals surface area contributed by atoms with E-state index in [2.05, 4.69) is 49.1 Å². The minimum absolute atomic E-state index is 0.0626. The van der Waals surface area contributed by atoms with Gasteiger partial charge in [0.25, 0.3) is 0 Å². The van der Waals surface area contributed by atoms with E-state index in [1.165, 1.54) is 16.8 Å². The van der Waals surface area contributed by atoms with Crippen molar-refractivity contribution in [2.75, 3.05) is 25.1 Å². The van der Waals surface area contributed by atoms with E-state index in [4.69, 9.17) is 4.74 Å². The molecule has 0 unspecified atom stereocenters. The van der Waals surface area contributed by atoms with Gasteiger partial charge in [-0.15, -0.1) is 0 Å². The lowest BCUT2D eigenvalue weighted by Gasteiger charge is -2.35. The number of imidazole rings is 1. The number of hydrogen-bond donors (Lipinski definition) is 0. The summed E-state index contributed by atoms with van der Waals surface area (Å²) in [5, 5.41) is 0. The second-order valence-electron chi connectivity index (χ2n) is 9.00. The number of benzene rings is 3. The number of ether oxygens (including phenoxy) is 1. The minimum atomic E-state index is 0.0626. The lowest BCUT2D eigenvalue weighted by atomic mass is 10.0. The number of methoxy groups -OCH3 is 1. The topological polar surface area (TPSA) is 39.4 Å². The van der Waals surface area contributed by atoms with Crippen LogP contribution in [0.1, 0.15) is 35.6 Å². The molecule has 1 aromatic heterocycles.